The predicted octanol–water partition coefficient (Wildman–Crippen LogP) is 3.45. The maximum Gasteiger partial charge on any atom is 0.338 e. The molecule has 0 aromatic carbocycles. The van der Waals surface area contributed by atoms with Crippen molar-refractivity contribution >= 4 is 51.1 Å². The number of hydrogen-bond donors (Lipinski definition) is 12. The number of aliphatic carboxylic acids is 1. The lowest BCUT2D eigenvalue weighted by atomic mass is 9.83. The van der Waals surface area contributed by atoms with Gasteiger partial charge in [-0.25, -0.2) is 9.78 Å². The average molecular weight is 1060 g/mol. The Hall–Kier alpha value is -5.43. The molecule has 2 saturated heterocycles. The highest BCUT2D eigenvalue weighted by molar-refractivity contribution is 6.02. The molecule has 3 fully saturated rings. The van der Waals surface area contributed by atoms with Gasteiger partial charge >= 0.3 is 11.9 Å². The zero-order chi connectivity index (χ0) is 55.1. The molecule has 414 valence electrons. The first-order chi connectivity index (χ1) is 36.1. The van der Waals surface area contributed by atoms with Crippen molar-refractivity contribution in [2.75, 3.05) is 26.7 Å². The molecule has 5 aliphatic rings. The number of aromatic amines is 2. The van der Waals surface area contributed by atoms with E-state index in [4.69, 9.17) is 40.4 Å². The average Bonchev–Trinajstić information content (AvgIpc) is 4.06. The molecule has 8 rings (SSSR count). The largest absolute Gasteiger partial charge is 0.481 e. The number of nitrogens with zero attached hydrogens (tertiary/aromatic N) is 2. The number of aliphatic hydroxyl groups is 3. The van der Waals surface area contributed by atoms with Crippen molar-refractivity contribution < 1.29 is 58.9 Å². The summed E-state index contributed by atoms with van der Waals surface area (Å²) in [6.07, 6.45) is -3.81. The number of carbonyl (C=O) groups is 3. The highest BCUT2D eigenvalue weighted by Gasteiger charge is 2.51. The second-order valence-corrected chi connectivity index (χ2v) is 21.3. The van der Waals surface area contributed by atoms with Crippen molar-refractivity contribution in [3.8, 4) is 0 Å². The summed E-state index contributed by atoms with van der Waals surface area (Å²) in [5.74, 6) is -3.58. The number of carboxylic acid groups (broad SMARTS) is 2. The summed E-state index contributed by atoms with van der Waals surface area (Å²) in [5, 5.41) is 64.3. The van der Waals surface area contributed by atoms with Crippen LogP contribution in [-0.2, 0) is 41.4 Å². The van der Waals surface area contributed by atoms with Gasteiger partial charge in [-0.2, -0.15) is 0 Å². The van der Waals surface area contributed by atoms with E-state index >= 15 is 0 Å². The van der Waals surface area contributed by atoms with E-state index in [-0.39, 0.29) is 54.5 Å². The van der Waals surface area contributed by atoms with Gasteiger partial charge in [-0.15, -0.1) is 0 Å². The number of ether oxygens (including phenoxy) is 4. The Kier molecular flexibility index (Phi) is 17.4. The molecule has 1 amide bonds. The number of aryl methyl sites for hydroxylation is 3. The molecule has 14 atom stereocenters. The highest BCUT2D eigenvalue weighted by atomic mass is 16.7. The number of aromatic nitrogens is 4. The number of hydrogen-bond acceptors (Lipinski definition) is 16. The minimum atomic E-state index is -1.37. The third kappa shape index (κ3) is 11.3. The SMILES string of the molecule is C=CC1=C(C)c2cc3nc(c(CC(=O)O)c4[nH]c(cc5[nH]c(cc1n2)c(C)c5CC)c(C)c4C(=O)O)[C@@H](CCC(=O)NCC1CCC(N)[C@@H](OC2C(O)[C@@H](O[C@H]4OC[C@](C)(O)C(NC)[C@H]4O)C(NCC)C[C@@H]2N)O1)[C@@H]3C. The van der Waals surface area contributed by atoms with Crippen molar-refractivity contribution in [2.24, 2.45) is 11.5 Å². The zero-order valence-corrected chi connectivity index (χ0v) is 44.7. The first-order valence-electron chi connectivity index (χ1n) is 26.5. The molecular weight excluding hydrogens is 979 g/mol. The first kappa shape index (κ1) is 56.8. The van der Waals surface area contributed by atoms with Crippen LogP contribution in [-0.4, -0.2) is 163 Å². The molecule has 7 heterocycles. The van der Waals surface area contributed by atoms with E-state index in [9.17, 15) is 39.9 Å². The lowest BCUT2D eigenvalue weighted by Gasteiger charge is -2.49. The minimum absolute atomic E-state index is 0.00727. The van der Waals surface area contributed by atoms with Crippen molar-refractivity contribution in [3.05, 3.63) is 81.4 Å². The lowest BCUT2D eigenvalue weighted by Crippen LogP contribution is -2.69. The number of fused-ring (bicyclic) bond motifs is 8. The van der Waals surface area contributed by atoms with E-state index in [2.05, 4.69) is 32.5 Å². The number of aliphatic hydroxyl groups excluding tert-OH is 2. The Labute approximate surface area is 442 Å². The van der Waals surface area contributed by atoms with E-state index in [1.165, 1.54) is 0 Å². The summed E-state index contributed by atoms with van der Waals surface area (Å²) >= 11 is 0. The number of amides is 1. The second-order valence-electron chi connectivity index (χ2n) is 21.3. The normalized spacial score (nSPS) is 30.8. The van der Waals surface area contributed by atoms with Crippen LogP contribution < -0.4 is 27.4 Å². The molecule has 76 heavy (non-hydrogen) atoms. The van der Waals surface area contributed by atoms with Crippen LogP contribution in [0.4, 0.5) is 0 Å². The van der Waals surface area contributed by atoms with Gasteiger partial charge in [0.1, 0.15) is 30.0 Å². The van der Waals surface area contributed by atoms with Gasteiger partial charge in [-0.1, -0.05) is 33.4 Å². The summed E-state index contributed by atoms with van der Waals surface area (Å²) < 4.78 is 24.8. The molecule has 0 spiro atoms. The van der Waals surface area contributed by atoms with Crippen molar-refractivity contribution in [3.63, 3.8) is 0 Å². The predicted molar refractivity (Wildman–Crippen MR) is 285 cm³/mol. The molecule has 21 heteroatoms. The third-order valence-corrected chi connectivity index (χ3v) is 16.2. The van der Waals surface area contributed by atoms with Crippen LogP contribution in [0.1, 0.15) is 134 Å². The molecule has 14 N–H and O–H groups in total. The van der Waals surface area contributed by atoms with Gasteiger partial charge in [0.15, 0.2) is 12.6 Å². The third-order valence-electron chi connectivity index (χ3n) is 16.2. The highest BCUT2D eigenvalue weighted by Crippen LogP contribution is 2.44. The Morgan fingerprint density at radius 1 is 0.934 bits per heavy atom. The smallest absolute Gasteiger partial charge is 0.338 e. The van der Waals surface area contributed by atoms with E-state index in [0.717, 1.165) is 33.3 Å². The number of carboxylic acids is 2. The zero-order valence-electron chi connectivity index (χ0n) is 44.7. The Bertz CT molecular complexity index is 2900. The van der Waals surface area contributed by atoms with Gasteiger partial charge in [-0.3, -0.25) is 14.6 Å². The van der Waals surface area contributed by atoms with Crippen LogP contribution in [0.5, 0.6) is 0 Å². The maximum absolute atomic E-state index is 13.9. The van der Waals surface area contributed by atoms with Gasteiger partial charge in [0.05, 0.1) is 59.4 Å². The molecule has 21 nitrogen and oxygen atoms in total. The van der Waals surface area contributed by atoms with Crippen LogP contribution in [0.25, 0.3) is 33.2 Å². The Morgan fingerprint density at radius 3 is 2.33 bits per heavy atom. The van der Waals surface area contributed by atoms with Crippen LogP contribution >= 0.6 is 0 Å². The molecule has 0 radical (unpaired) electrons. The van der Waals surface area contributed by atoms with Crippen LogP contribution in [0, 0.1) is 13.8 Å². The van der Waals surface area contributed by atoms with Gasteiger partial charge in [0.2, 0.25) is 5.91 Å². The fraction of sp³-hybridized carbons (Fsp3) is 0.582. The molecule has 3 aromatic rings. The molecule has 1 aliphatic carbocycles. The summed E-state index contributed by atoms with van der Waals surface area (Å²) in [4.78, 5) is 56.9. The van der Waals surface area contributed by atoms with Crippen molar-refractivity contribution in [1.29, 1.82) is 0 Å². The fourth-order valence-electron chi connectivity index (χ4n) is 11.9. The Balaban J connectivity index is 1.04. The van der Waals surface area contributed by atoms with Crippen molar-refractivity contribution in [1.82, 2.24) is 35.9 Å². The summed E-state index contributed by atoms with van der Waals surface area (Å²) in [6, 6.07) is 3.25. The number of allylic oxidation sites excluding steroid dienone is 3. The molecule has 1 saturated carbocycles. The topological polar surface area (TPSA) is 335 Å². The Morgan fingerprint density at radius 2 is 1.66 bits per heavy atom. The van der Waals surface area contributed by atoms with E-state index in [1.54, 1.807) is 27.0 Å². The van der Waals surface area contributed by atoms with Gasteiger partial charge in [0.25, 0.3) is 0 Å². The van der Waals surface area contributed by atoms with Crippen LogP contribution in [0.2, 0.25) is 0 Å². The van der Waals surface area contributed by atoms with Crippen LogP contribution in [0.15, 0.2) is 30.9 Å². The first-order valence-corrected chi connectivity index (χ1v) is 26.5. The van der Waals surface area contributed by atoms with E-state index in [0.29, 0.717) is 66.1 Å². The fourth-order valence-corrected chi connectivity index (χ4v) is 11.9. The van der Waals surface area contributed by atoms with Gasteiger partial charge in [0, 0.05) is 70.3 Å². The summed E-state index contributed by atoms with van der Waals surface area (Å²) in [7, 11) is 1.62. The lowest BCUT2D eigenvalue weighted by molar-refractivity contribution is -0.308. The molecule has 3 aromatic heterocycles. The number of carbonyl (C=O) groups excluding carboxylic acids is 1. The number of aromatic carboxylic acids is 1. The molecule has 8 bridgehead atoms. The molecule has 4 aliphatic heterocycles. The van der Waals surface area contributed by atoms with E-state index < -0.39 is 97.1 Å². The number of rotatable bonds is 17. The summed E-state index contributed by atoms with van der Waals surface area (Å²) in [5.41, 5.74) is 20.8. The van der Waals surface area contributed by atoms with Gasteiger partial charge in [-0.05, 0) is 114 Å². The van der Waals surface area contributed by atoms with E-state index in [1.807, 2.05) is 52.8 Å². The molecule has 6 unspecified atom stereocenters. The maximum atomic E-state index is 13.9. The summed E-state index contributed by atoms with van der Waals surface area (Å²) in [6.45, 7) is 17.8. The number of nitrogens with one attached hydrogen (secondary N) is 5. The number of nitrogens with two attached hydrogens (primary N) is 2. The quantitative estimate of drug-likeness (QED) is 0.0921. The van der Waals surface area contributed by atoms with Gasteiger partial charge < -0.3 is 81.9 Å². The second kappa shape index (κ2) is 23.3. The van der Waals surface area contributed by atoms with Crippen LogP contribution in [0.3, 0.4) is 0 Å². The van der Waals surface area contributed by atoms with Crippen molar-refractivity contribution in [2.45, 2.75) is 178 Å². The molecular formula is C55H77N9O12. The number of likely N-dealkylation sites (N-methyl/N-ethyl adjacent to an activating group) is 2. The monoisotopic (exact) mass is 1060 g/mol. The standard InChI is InChI=1S/C55H77N9O12/c1-10-29-24(4)35-19-37-26(6)31(45(63-37)32(17-43(66)67)46-44(52(70)71)27(7)38(64-46)21-40-30(11-2)25(5)36(62-40)20-39(29)61-35)14-16-42(65)60-22-28-13-15-33(56)53(74-28)75-49-34(57)18-41(59-12-3)50(47(49)68)76-54-48(69)51(58-9)55(8,72)23-73-54/h10,19-21,26,28,31,33-34,41,47-51,53-54,58-59,62,64,68-69,72H,1,11-18,22-23,56-57H2,2-9H3,(H,60,65)(H,66,67)(H,70,71)/t26-,28?,31-,33?,34-,41?,47?,48+,49?,50-,51?,53+,54+,55-/m0/s1. The minimum Gasteiger partial charge on any atom is -0.481 e. The number of H-pyrrole nitrogens is 2.